The van der Waals surface area contributed by atoms with E-state index in [9.17, 15) is 9.59 Å². The van der Waals surface area contributed by atoms with Crippen LogP contribution in [0.15, 0.2) is 18.2 Å². The van der Waals surface area contributed by atoms with Gasteiger partial charge < -0.3 is 5.11 Å². The van der Waals surface area contributed by atoms with Gasteiger partial charge in [0.25, 0.3) is 0 Å². The lowest BCUT2D eigenvalue weighted by Crippen LogP contribution is -2.06. The van der Waals surface area contributed by atoms with Crippen molar-refractivity contribution in [2.24, 2.45) is 0 Å². The molecule has 1 rings (SSSR count). The fourth-order valence-electron chi connectivity index (χ4n) is 1.14. The van der Waals surface area contributed by atoms with Crippen LogP contribution in [0.2, 0.25) is 0 Å². The Balaban J connectivity index is 3.35. The van der Waals surface area contributed by atoms with Crippen molar-refractivity contribution >= 4 is 11.8 Å². The number of hydrogen-bond acceptors (Lipinski definition) is 2. The molecule has 0 aliphatic rings. The van der Waals surface area contributed by atoms with E-state index in [4.69, 9.17) is 5.11 Å². The maximum absolute atomic E-state index is 11.0. The normalized spacial score (nSPS) is 9.69. The van der Waals surface area contributed by atoms with Gasteiger partial charge >= 0.3 is 5.97 Å². The summed E-state index contributed by atoms with van der Waals surface area (Å²) in [6.07, 6.45) is 0. The molecule has 68 valence electrons. The van der Waals surface area contributed by atoms with E-state index >= 15 is 0 Å². The van der Waals surface area contributed by atoms with Gasteiger partial charge in [-0.2, -0.15) is 0 Å². The largest absolute Gasteiger partial charge is 0.478 e. The molecule has 0 aliphatic heterocycles. The summed E-state index contributed by atoms with van der Waals surface area (Å²) < 4.78 is 0. The van der Waals surface area contributed by atoms with E-state index in [0.717, 1.165) is 5.56 Å². The van der Waals surface area contributed by atoms with Gasteiger partial charge in [-0.3, -0.25) is 4.79 Å². The Labute approximate surface area is 76.0 Å². The van der Waals surface area contributed by atoms with E-state index in [0.29, 0.717) is 0 Å². The van der Waals surface area contributed by atoms with Crippen LogP contribution < -0.4 is 0 Å². The zero-order valence-corrected chi connectivity index (χ0v) is 7.50. The second-order valence-corrected chi connectivity index (χ2v) is 2.91. The lowest BCUT2D eigenvalue weighted by Gasteiger charge is -2.02. The van der Waals surface area contributed by atoms with Gasteiger partial charge in [0.1, 0.15) is 0 Å². The molecule has 0 unspecified atom stereocenters. The van der Waals surface area contributed by atoms with Crippen LogP contribution in [0.4, 0.5) is 0 Å². The van der Waals surface area contributed by atoms with Crippen molar-refractivity contribution < 1.29 is 14.7 Å². The van der Waals surface area contributed by atoms with Gasteiger partial charge in [0, 0.05) is 5.56 Å². The standard InChI is InChI=1S/C10H10O3/c1-6-3-4-8(7(2)11)9(5-6)10(12)13/h3-5H,1-2H3,(H,12,13). The predicted octanol–water partition coefficient (Wildman–Crippen LogP) is 1.90. The summed E-state index contributed by atoms with van der Waals surface area (Å²) in [5, 5.41) is 8.79. The number of carboxylic acids is 1. The quantitative estimate of drug-likeness (QED) is 0.703. The van der Waals surface area contributed by atoms with Gasteiger partial charge in [-0.15, -0.1) is 0 Å². The summed E-state index contributed by atoms with van der Waals surface area (Å²) in [6, 6.07) is 4.77. The minimum atomic E-state index is -1.06. The van der Waals surface area contributed by atoms with E-state index in [-0.39, 0.29) is 16.9 Å². The SMILES string of the molecule is CC(=O)c1ccc(C)cc1C(=O)O. The van der Waals surface area contributed by atoms with Crippen LogP contribution in [0.25, 0.3) is 0 Å². The second-order valence-electron chi connectivity index (χ2n) is 2.91. The number of aryl methyl sites for hydroxylation is 1. The number of aromatic carboxylic acids is 1. The third-order valence-corrected chi connectivity index (χ3v) is 1.78. The third-order valence-electron chi connectivity index (χ3n) is 1.78. The first-order valence-electron chi connectivity index (χ1n) is 3.87. The van der Waals surface area contributed by atoms with Crippen molar-refractivity contribution in [2.45, 2.75) is 13.8 Å². The minimum Gasteiger partial charge on any atom is -0.478 e. The third kappa shape index (κ3) is 1.93. The lowest BCUT2D eigenvalue weighted by molar-refractivity contribution is 0.0692. The Kier molecular flexibility index (Phi) is 2.46. The highest BCUT2D eigenvalue weighted by Gasteiger charge is 2.12. The molecule has 0 aliphatic carbocycles. The predicted molar refractivity (Wildman–Crippen MR) is 48.1 cm³/mol. The molecule has 3 heteroatoms. The first-order chi connectivity index (χ1) is 6.02. The molecule has 1 aromatic carbocycles. The van der Waals surface area contributed by atoms with E-state index in [1.54, 1.807) is 19.1 Å². The monoisotopic (exact) mass is 178 g/mol. The number of carbonyl (C=O) groups excluding carboxylic acids is 1. The van der Waals surface area contributed by atoms with Crippen molar-refractivity contribution in [2.75, 3.05) is 0 Å². The first kappa shape index (κ1) is 9.45. The molecule has 1 aromatic rings. The van der Waals surface area contributed by atoms with Crippen molar-refractivity contribution in [1.29, 1.82) is 0 Å². The molecular formula is C10H10O3. The van der Waals surface area contributed by atoms with Gasteiger partial charge in [0.05, 0.1) is 5.56 Å². The van der Waals surface area contributed by atoms with Gasteiger partial charge in [-0.25, -0.2) is 4.79 Å². The molecule has 0 aromatic heterocycles. The fourth-order valence-corrected chi connectivity index (χ4v) is 1.14. The molecule has 3 nitrogen and oxygen atoms in total. The Bertz CT molecular complexity index is 366. The number of carbonyl (C=O) groups is 2. The van der Waals surface area contributed by atoms with E-state index in [2.05, 4.69) is 0 Å². The Morgan fingerprint density at radius 3 is 2.31 bits per heavy atom. The molecule has 0 saturated heterocycles. The number of hydrogen-bond donors (Lipinski definition) is 1. The van der Waals surface area contributed by atoms with Gasteiger partial charge in [-0.05, 0) is 19.9 Å². The Morgan fingerprint density at radius 2 is 1.85 bits per heavy atom. The number of ketones is 1. The van der Waals surface area contributed by atoms with Gasteiger partial charge in [-0.1, -0.05) is 17.7 Å². The highest BCUT2D eigenvalue weighted by Crippen LogP contribution is 2.12. The van der Waals surface area contributed by atoms with Crippen LogP contribution in [-0.2, 0) is 0 Å². The van der Waals surface area contributed by atoms with Crippen LogP contribution in [0.5, 0.6) is 0 Å². The van der Waals surface area contributed by atoms with E-state index < -0.39 is 5.97 Å². The summed E-state index contributed by atoms with van der Waals surface area (Å²) in [5.74, 6) is -1.29. The van der Waals surface area contributed by atoms with Gasteiger partial charge in [0.2, 0.25) is 0 Å². The maximum atomic E-state index is 11.0. The van der Waals surface area contributed by atoms with Crippen molar-refractivity contribution in [1.82, 2.24) is 0 Å². The summed E-state index contributed by atoms with van der Waals surface area (Å²) in [5.41, 5.74) is 1.17. The maximum Gasteiger partial charge on any atom is 0.336 e. The Morgan fingerprint density at radius 1 is 1.23 bits per heavy atom. The summed E-state index contributed by atoms with van der Waals surface area (Å²) >= 11 is 0. The summed E-state index contributed by atoms with van der Waals surface area (Å²) in [7, 11) is 0. The first-order valence-corrected chi connectivity index (χ1v) is 3.87. The average molecular weight is 178 g/mol. The molecule has 0 amide bonds. The van der Waals surface area contributed by atoms with Crippen molar-refractivity contribution in [3.63, 3.8) is 0 Å². The molecule has 0 heterocycles. The fraction of sp³-hybridized carbons (Fsp3) is 0.200. The van der Waals surface area contributed by atoms with Crippen LogP contribution >= 0.6 is 0 Å². The number of carboxylic acid groups (broad SMARTS) is 1. The van der Waals surface area contributed by atoms with Gasteiger partial charge in [0.15, 0.2) is 5.78 Å². The molecule has 0 spiro atoms. The van der Waals surface area contributed by atoms with Crippen molar-refractivity contribution in [3.05, 3.63) is 34.9 Å². The van der Waals surface area contributed by atoms with Crippen LogP contribution in [0, 0.1) is 6.92 Å². The van der Waals surface area contributed by atoms with Crippen LogP contribution in [-0.4, -0.2) is 16.9 Å². The van der Waals surface area contributed by atoms with Crippen molar-refractivity contribution in [3.8, 4) is 0 Å². The highest BCUT2D eigenvalue weighted by molar-refractivity contribution is 6.04. The number of benzene rings is 1. The molecule has 0 fully saturated rings. The smallest absolute Gasteiger partial charge is 0.336 e. The highest BCUT2D eigenvalue weighted by atomic mass is 16.4. The number of Topliss-reactive ketones (excluding diaryl/α,β-unsaturated/α-hetero) is 1. The minimum absolute atomic E-state index is 0.0764. The topological polar surface area (TPSA) is 54.4 Å². The van der Waals surface area contributed by atoms with E-state index in [1.807, 2.05) is 0 Å². The second kappa shape index (κ2) is 3.39. The zero-order chi connectivity index (χ0) is 10.0. The van der Waals surface area contributed by atoms with Crippen LogP contribution in [0.3, 0.4) is 0 Å². The molecule has 0 atom stereocenters. The average Bonchev–Trinajstić information content (AvgIpc) is 2.03. The number of rotatable bonds is 2. The molecule has 0 bridgehead atoms. The molecular weight excluding hydrogens is 168 g/mol. The molecule has 0 saturated carbocycles. The molecule has 0 radical (unpaired) electrons. The molecule has 13 heavy (non-hydrogen) atoms. The van der Waals surface area contributed by atoms with E-state index in [1.165, 1.54) is 13.0 Å². The summed E-state index contributed by atoms with van der Waals surface area (Å²) in [4.78, 5) is 21.7. The lowest BCUT2D eigenvalue weighted by atomic mass is 10.0. The summed E-state index contributed by atoms with van der Waals surface area (Å²) in [6.45, 7) is 3.15. The molecule has 1 N–H and O–H groups in total. The van der Waals surface area contributed by atoms with Crippen LogP contribution in [0.1, 0.15) is 33.2 Å². The Hall–Kier alpha value is -1.64. The zero-order valence-electron chi connectivity index (χ0n) is 7.50.